The lowest BCUT2D eigenvalue weighted by Gasteiger charge is -2.34. The number of ether oxygens (including phenoxy) is 1. The first-order valence-corrected chi connectivity index (χ1v) is 17.9. The minimum Gasteiger partial charge on any atom is -0.375 e. The van der Waals surface area contributed by atoms with Crippen LogP contribution in [0.3, 0.4) is 0 Å². The van der Waals surface area contributed by atoms with Gasteiger partial charge in [-0.3, -0.25) is 9.59 Å². The predicted octanol–water partition coefficient (Wildman–Crippen LogP) is 5.45. The average molecular weight is 649 g/mol. The van der Waals surface area contributed by atoms with E-state index in [0.29, 0.717) is 24.8 Å². The minimum absolute atomic E-state index is 0.0126. The highest BCUT2D eigenvalue weighted by Gasteiger charge is 2.40. The molecule has 2 N–H and O–H groups in total. The van der Waals surface area contributed by atoms with Crippen LogP contribution in [0.1, 0.15) is 88.3 Å². The Morgan fingerprint density at radius 2 is 1.74 bits per heavy atom. The van der Waals surface area contributed by atoms with Crippen molar-refractivity contribution in [1.29, 1.82) is 0 Å². The van der Waals surface area contributed by atoms with E-state index in [1.54, 1.807) is 16.2 Å². The van der Waals surface area contributed by atoms with Gasteiger partial charge in [-0.2, -0.15) is 0 Å². The summed E-state index contributed by atoms with van der Waals surface area (Å²) < 4.78 is 12.2. The topological polar surface area (TPSA) is 113 Å². The lowest BCUT2D eigenvalue weighted by Crippen LogP contribution is -2.48. The third-order valence-electron chi connectivity index (χ3n) is 9.81. The summed E-state index contributed by atoms with van der Waals surface area (Å²) in [5, 5.41) is 11.0. The molecular formula is C35H48N6O4S. The fourth-order valence-electron chi connectivity index (χ4n) is 7.11. The Morgan fingerprint density at radius 1 is 1.02 bits per heavy atom. The fourth-order valence-corrected chi connectivity index (χ4v) is 7.92. The predicted molar refractivity (Wildman–Crippen MR) is 180 cm³/mol. The van der Waals surface area contributed by atoms with E-state index in [4.69, 9.17) is 9.26 Å². The zero-order chi connectivity index (χ0) is 32.2. The van der Waals surface area contributed by atoms with Crippen molar-refractivity contribution in [3.05, 3.63) is 52.9 Å². The second-order valence-electron chi connectivity index (χ2n) is 13.4. The number of nitrogens with one attached hydrogen (secondary N) is 2. The van der Waals surface area contributed by atoms with Crippen LogP contribution in [-0.2, 0) is 14.3 Å². The molecule has 3 saturated heterocycles. The number of hydrogen-bond donors (Lipinski definition) is 2. The van der Waals surface area contributed by atoms with Gasteiger partial charge in [-0.05, 0) is 82.5 Å². The fraction of sp³-hybridized carbons (Fsp3) is 0.600. The van der Waals surface area contributed by atoms with Gasteiger partial charge in [0.1, 0.15) is 12.0 Å². The highest BCUT2D eigenvalue weighted by molar-refractivity contribution is 7.13. The summed E-state index contributed by atoms with van der Waals surface area (Å²) in [6.45, 7) is 12.4. The highest BCUT2D eigenvalue weighted by atomic mass is 32.1. The van der Waals surface area contributed by atoms with Crippen molar-refractivity contribution in [2.75, 3.05) is 37.6 Å². The van der Waals surface area contributed by atoms with E-state index in [2.05, 4.69) is 49.9 Å². The van der Waals surface area contributed by atoms with Gasteiger partial charge in [0.15, 0.2) is 11.6 Å². The third kappa shape index (κ3) is 7.31. The summed E-state index contributed by atoms with van der Waals surface area (Å²) in [5.41, 5.74) is 5.02. The van der Waals surface area contributed by atoms with Gasteiger partial charge in [-0.15, -0.1) is 11.3 Å². The van der Waals surface area contributed by atoms with E-state index in [9.17, 15) is 9.59 Å². The maximum Gasteiger partial charge on any atom is 0.243 e. The molecular weight excluding hydrogens is 600 g/mol. The van der Waals surface area contributed by atoms with Crippen LogP contribution >= 0.6 is 11.3 Å². The van der Waals surface area contributed by atoms with Gasteiger partial charge in [-0.25, -0.2) is 4.98 Å². The molecule has 0 saturated carbocycles. The number of rotatable bonds is 10. The van der Waals surface area contributed by atoms with Crippen molar-refractivity contribution in [2.24, 2.45) is 5.92 Å². The molecule has 11 heteroatoms. The molecule has 1 aromatic carbocycles. The Labute approximate surface area is 276 Å². The maximum absolute atomic E-state index is 14.1. The van der Waals surface area contributed by atoms with Crippen LogP contribution in [-0.4, -0.2) is 77.8 Å². The smallest absolute Gasteiger partial charge is 0.243 e. The Balaban J connectivity index is 1.06. The summed E-state index contributed by atoms with van der Waals surface area (Å²) in [6.07, 6.45) is 6.16. The van der Waals surface area contributed by atoms with Crippen molar-refractivity contribution in [1.82, 2.24) is 25.7 Å². The number of anilines is 1. The molecule has 3 aliphatic heterocycles. The Bertz CT molecular complexity index is 1460. The summed E-state index contributed by atoms with van der Waals surface area (Å²) in [6, 6.07) is 9.50. The van der Waals surface area contributed by atoms with Crippen LogP contribution in [0.15, 0.2) is 40.4 Å². The van der Waals surface area contributed by atoms with Crippen LogP contribution in [0.4, 0.5) is 5.82 Å². The average Bonchev–Trinajstić information content (AvgIpc) is 3.84. The van der Waals surface area contributed by atoms with E-state index in [0.717, 1.165) is 85.8 Å². The minimum atomic E-state index is -0.504. The van der Waals surface area contributed by atoms with E-state index < -0.39 is 12.0 Å². The first-order valence-electron chi connectivity index (χ1n) is 17.0. The van der Waals surface area contributed by atoms with Crippen molar-refractivity contribution in [2.45, 2.75) is 96.4 Å². The maximum atomic E-state index is 14.1. The number of piperidine rings is 2. The quantitative estimate of drug-likeness (QED) is 0.299. The zero-order valence-electron chi connectivity index (χ0n) is 27.5. The molecule has 6 rings (SSSR count). The summed E-state index contributed by atoms with van der Waals surface area (Å²) >= 11 is 1.63. The molecule has 5 heterocycles. The number of nitrogens with zero attached hydrogens (tertiary/aromatic N) is 4. The molecule has 2 aromatic heterocycles. The molecule has 0 radical (unpaired) electrons. The first-order chi connectivity index (χ1) is 22.3. The molecule has 3 fully saturated rings. The van der Waals surface area contributed by atoms with Gasteiger partial charge in [0.2, 0.25) is 11.8 Å². The third-order valence-corrected chi connectivity index (χ3v) is 10.8. The molecule has 3 atom stereocenters. The van der Waals surface area contributed by atoms with Crippen molar-refractivity contribution < 1.29 is 18.8 Å². The Hall–Kier alpha value is -3.28. The van der Waals surface area contributed by atoms with Gasteiger partial charge >= 0.3 is 0 Å². The number of hydrogen-bond acceptors (Lipinski definition) is 9. The number of benzene rings is 1. The summed E-state index contributed by atoms with van der Waals surface area (Å²) in [5.74, 6) is 0.642. The number of aryl methyl sites for hydroxylation is 1. The van der Waals surface area contributed by atoms with Crippen molar-refractivity contribution in [3.63, 3.8) is 0 Å². The molecule has 248 valence electrons. The van der Waals surface area contributed by atoms with E-state index in [1.165, 1.54) is 0 Å². The first kappa shape index (κ1) is 32.7. The number of carbonyl (C=O) groups excluding carboxylic acids is 2. The molecule has 1 unspecified atom stereocenters. The second-order valence-corrected chi connectivity index (χ2v) is 14.2. The van der Waals surface area contributed by atoms with Gasteiger partial charge in [0.25, 0.3) is 0 Å². The standard InChI is InChI=1S/C35H48N6O4S/c1-22(2)32(30-20-31(39-45-30)40-18-13-28(14-19-40)44-27-11-15-36-16-12-27)35(43)41-17-5-6-29(41)34(42)38-23(3)25-7-9-26(10-8-25)33-24(4)37-21-46-33/h7-10,20-23,27-29,32,36H,5-6,11-19H2,1-4H3,(H,38,42)/t23?,29-,32+/m0/s1. The van der Waals surface area contributed by atoms with Gasteiger partial charge in [0, 0.05) is 25.7 Å². The van der Waals surface area contributed by atoms with Crippen LogP contribution in [0, 0.1) is 12.8 Å². The Kier molecular flexibility index (Phi) is 10.4. The number of thiazole rings is 1. The largest absolute Gasteiger partial charge is 0.375 e. The van der Waals surface area contributed by atoms with Crippen LogP contribution in [0.25, 0.3) is 10.4 Å². The number of carbonyl (C=O) groups is 2. The monoisotopic (exact) mass is 648 g/mol. The molecule has 3 aromatic rings. The van der Waals surface area contributed by atoms with Crippen molar-refractivity contribution in [3.8, 4) is 10.4 Å². The molecule has 0 aliphatic carbocycles. The SMILES string of the molecule is Cc1ncsc1-c1ccc(C(C)NC(=O)[C@@H]2CCCN2C(=O)[C@@H](c2cc(N3CCC(OC4CCNCC4)CC3)no2)C(C)C)cc1. The normalized spacial score (nSPS) is 21.1. The Morgan fingerprint density at radius 3 is 2.41 bits per heavy atom. The number of aromatic nitrogens is 2. The molecule has 46 heavy (non-hydrogen) atoms. The zero-order valence-corrected chi connectivity index (χ0v) is 28.4. The molecule has 3 aliphatic rings. The second kappa shape index (κ2) is 14.6. The molecule has 0 bridgehead atoms. The summed E-state index contributed by atoms with van der Waals surface area (Å²) in [4.78, 5) is 37.1. The lowest BCUT2D eigenvalue weighted by molar-refractivity contribution is -0.141. The summed E-state index contributed by atoms with van der Waals surface area (Å²) in [7, 11) is 0. The molecule has 2 amide bonds. The highest BCUT2D eigenvalue weighted by Crippen LogP contribution is 2.34. The lowest BCUT2D eigenvalue weighted by atomic mass is 9.91. The molecule has 0 spiro atoms. The number of likely N-dealkylation sites (tertiary alicyclic amines) is 1. The van der Waals surface area contributed by atoms with E-state index >= 15 is 0 Å². The number of amides is 2. The van der Waals surface area contributed by atoms with Gasteiger partial charge < -0.3 is 29.7 Å². The van der Waals surface area contributed by atoms with Crippen molar-refractivity contribution >= 4 is 29.0 Å². The van der Waals surface area contributed by atoms with Gasteiger partial charge in [-0.1, -0.05) is 43.3 Å². The van der Waals surface area contributed by atoms with Crippen LogP contribution in [0.5, 0.6) is 0 Å². The molecule has 10 nitrogen and oxygen atoms in total. The van der Waals surface area contributed by atoms with Crippen LogP contribution < -0.4 is 15.5 Å². The van der Waals surface area contributed by atoms with E-state index in [-0.39, 0.29) is 29.9 Å². The van der Waals surface area contributed by atoms with Gasteiger partial charge in [0.05, 0.1) is 34.3 Å². The van der Waals surface area contributed by atoms with Crippen LogP contribution in [0.2, 0.25) is 0 Å². The van der Waals surface area contributed by atoms with E-state index in [1.807, 2.05) is 39.3 Å².